The van der Waals surface area contributed by atoms with Gasteiger partial charge in [-0.15, -0.1) is 0 Å². The van der Waals surface area contributed by atoms with Crippen LogP contribution in [-0.4, -0.2) is 22.0 Å². The molecule has 0 saturated carbocycles. The highest BCUT2D eigenvalue weighted by Gasteiger charge is 2.59. The average Bonchev–Trinajstić information content (AvgIpc) is 3.04. The van der Waals surface area contributed by atoms with Crippen molar-refractivity contribution in [3.63, 3.8) is 0 Å². The number of nitrogens with zero attached hydrogens (tertiary/aromatic N) is 2. The van der Waals surface area contributed by atoms with E-state index in [1.165, 1.54) is 6.07 Å². The summed E-state index contributed by atoms with van der Waals surface area (Å²) in [5, 5.41) is 1.13. The zero-order valence-corrected chi connectivity index (χ0v) is 15.5. The molecule has 0 spiro atoms. The van der Waals surface area contributed by atoms with Crippen LogP contribution in [0.1, 0.15) is 35.6 Å². The quantitative estimate of drug-likeness (QED) is 0.433. The Hall–Kier alpha value is -2.56. The number of rotatable bonds is 1. The molecule has 2 aliphatic heterocycles. The molecule has 160 valence electrons. The van der Waals surface area contributed by atoms with Crippen LogP contribution in [0.25, 0.3) is 0 Å². The summed E-state index contributed by atoms with van der Waals surface area (Å²) in [7, 11) is 0. The predicted molar refractivity (Wildman–Crippen MR) is 91.1 cm³/mol. The van der Waals surface area contributed by atoms with Crippen molar-refractivity contribution in [2.75, 3.05) is 5.32 Å². The number of carbonyl (C=O) groups excluding carboxylic acids is 1. The Kier molecular flexibility index (Phi) is 4.64. The molecule has 0 unspecified atom stereocenters. The number of amides is 2. The number of urea groups is 1. The van der Waals surface area contributed by atoms with E-state index in [1.807, 2.05) is 5.32 Å². The summed E-state index contributed by atoms with van der Waals surface area (Å²) in [5.74, 6) is -6.53. The number of anilines is 1. The summed E-state index contributed by atoms with van der Waals surface area (Å²) < 4.78 is 96.4. The number of fused-ring (bicyclic) bond motifs is 4. The summed E-state index contributed by atoms with van der Waals surface area (Å²) in [4.78, 5) is 16.7. The largest absolute Gasteiger partial charge is 0.417 e. The van der Waals surface area contributed by atoms with Gasteiger partial charge in [-0.3, -0.25) is 0 Å². The number of alkyl halides is 5. The van der Waals surface area contributed by atoms with E-state index < -0.39 is 63.8 Å². The Balaban J connectivity index is 1.68. The molecule has 4 nitrogen and oxygen atoms in total. The van der Waals surface area contributed by atoms with Crippen LogP contribution in [0.15, 0.2) is 24.4 Å². The molecular formula is C18H11ClF7N3O. The highest BCUT2D eigenvalue weighted by atomic mass is 35.5. The molecule has 1 saturated heterocycles. The fourth-order valence-corrected chi connectivity index (χ4v) is 4.29. The summed E-state index contributed by atoms with van der Waals surface area (Å²) >= 11 is 5.53. The SMILES string of the molecule is O=C(Nc1cc(Cl)c(C(F)(F)F)cc1F)N1[C@H]2CC[C@@H]1C(F)(F)c1c2ccnc1F. The van der Waals surface area contributed by atoms with E-state index in [0.29, 0.717) is 6.07 Å². The van der Waals surface area contributed by atoms with E-state index in [2.05, 4.69) is 4.98 Å². The van der Waals surface area contributed by atoms with Gasteiger partial charge in [0.05, 0.1) is 27.9 Å². The molecule has 4 rings (SSSR count). The number of aromatic nitrogens is 1. The van der Waals surface area contributed by atoms with Crippen molar-refractivity contribution in [1.82, 2.24) is 9.88 Å². The van der Waals surface area contributed by atoms with Gasteiger partial charge in [0.2, 0.25) is 5.95 Å². The summed E-state index contributed by atoms with van der Waals surface area (Å²) in [6.45, 7) is 0. The lowest BCUT2D eigenvalue weighted by Gasteiger charge is -2.40. The van der Waals surface area contributed by atoms with Crippen molar-refractivity contribution in [2.24, 2.45) is 0 Å². The lowest BCUT2D eigenvalue weighted by atomic mass is 9.91. The fraction of sp³-hybridized carbons (Fsp3) is 0.333. The minimum atomic E-state index is -4.92. The third-order valence-corrected chi connectivity index (χ3v) is 5.58. The summed E-state index contributed by atoms with van der Waals surface area (Å²) in [5.41, 5.74) is -3.15. The van der Waals surface area contributed by atoms with Gasteiger partial charge in [-0.2, -0.15) is 26.3 Å². The molecule has 1 N–H and O–H groups in total. The molecule has 2 aliphatic rings. The van der Waals surface area contributed by atoms with Gasteiger partial charge < -0.3 is 10.2 Å². The molecule has 3 heterocycles. The number of hydrogen-bond acceptors (Lipinski definition) is 2. The molecule has 1 aromatic carbocycles. The van der Waals surface area contributed by atoms with Crippen LogP contribution in [0.2, 0.25) is 5.02 Å². The first-order valence-electron chi connectivity index (χ1n) is 8.61. The fourth-order valence-electron chi connectivity index (χ4n) is 4.02. The number of benzene rings is 1. The van der Waals surface area contributed by atoms with E-state index >= 15 is 0 Å². The minimum absolute atomic E-state index is 0.0976. The molecule has 2 aromatic rings. The number of pyridine rings is 1. The van der Waals surface area contributed by atoms with Crippen LogP contribution in [0, 0.1) is 11.8 Å². The second kappa shape index (κ2) is 6.73. The van der Waals surface area contributed by atoms with Crippen molar-refractivity contribution in [2.45, 2.75) is 37.0 Å². The molecule has 1 aromatic heterocycles. The zero-order chi connectivity index (χ0) is 22.0. The third-order valence-electron chi connectivity index (χ3n) is 5.27. The Labute approximate surface area is 169 Å². The molecular weight excluding hydrogens is 443 g/mol. The van der Waals surface area contributed by atoms with Gasteiger partial charge in [-0.1, -0.05) is 11.6 Å². The van der Waals surface area contributed by atoms with Crippen LogP contribution < -0.4 is 5.32 Å². The lowest BCUT2D eigenvalue weighted by Crippen LogP contribution is -2.52. The highest BCUT2D eigenvalue weighted by Crippen LogP contribution is 2.54. The van der Waals surface area contributed by atoms with E-state index in [4.69, 9.17) is 11.6 Å². The van der Waals surface area contributed by atoms with Crippen molar-refractivity contribution >= 4 is 23.3 Å². The maximum atomic E-state index is 14.9. The molecule has 0 radical (unpaired) electrons. The standard InChI is InChI=1S/C18H11ClF7N3O/c19-9-6-11(10(20)5-8(9)18(24,25)26)28-16(30)29-12-1-2-13(29)17(22,23)14-7(12)3-4-27-15(14)21/h3-6,12-13H,1-2H2,(H,28,30)/t12-,13+/m0/s1. The Morgan fingerprint density at radius 1 is 1.23 bits per heavy atom. The van der Waals surface area contributed by atoms with Crippen LogP contribution >= 0.6 is 11.6 Å². The maximum absolute atomic E-state index is 14.9. The average molecular weight is 454 g/mol. The van der Waals surface area contributed by atoms with Crippen LogP contribution in [0.3, 0.4) is 0 Å². The smallest absolute Gasteiger partial charge is 0.308 e. The highest BCUT2D eigenvalue weighted by molar-refractivity contribution is 6.31. The first-order chi connectivity index (χ1) is 13.9. The molecule has 1 fully saturated rings. The Bertz CT molecular complexity index is 1040. The molecule has 2 bridgehead atoms. The number of nitrogens with one attached hydrogen (secondary N) is 1. The number of hydrogen-bond donors (Lipinski definition) is 1. The van der Waals surface area contributed by atoms with Gasteiger partial charge >= 0.3 is 12.2 Å². The first-order valence-corrected chi connectivity index (χ1v) is 8.99. The van der Waals surface area contributed by atoms with Crippen LogP contribution in [-0.2, 0) is 12.1 Å². The minimum Gasteiger partial charge on any atom is -0.308 e. The normalized spacial score (nSPS) is 22.1. The lowest BCUT2D eigenvalue weighted by molar-refractivity contribution is -0.137. The molecule has 12 heteroatoms. The summed E-state index contributed by atoms with van der Waals surface area (Å²) in [6.07, 6.45) is -3.99. The predicted octanol–water partition coefficient (Wildman–Crippen LogP) is 5.88. The number of carbonyl (C=O) groups is 1. The summed E-state index contributed by atoms with van der Waals surface area (Å²) in [6, 6.07) is -1.97. The van der Waals surface area contributed by atoms with Crippen molar-refractivity contribution in [1.29, 1.82) is 0 Å². The van der Waals surface area contributed by atoms with Gasteiger partial charge in [-0.25, -0.2) is 14.2 Å². The Morgan fingerprint density at radius 2 is 1.93 bits per heavy atom. The van der Waals surface area contributed by atoms with Crippen molar-refractivity contribution < 1.29 is 35.5 Å². The van der Waals surface area contributed by atoms with Gasteiger partial charge in [0.25, 0.3) is 5.92 Å². The number of halogens is 8. The van der Waals surface area contributed by atoms with E-state index in [-0.39, 0.29) is 24.5 Å². The topological polar surface area (TPSA) is 45.2 Å². The van der Waals surface area contributed by atoms with Crippen LogP contribution in [0.4, 0.5) is 41.2 Å². The maximum Gasteiger partial charge on any atom is 0.417 e. The second-order valence-corrected chi connectivity index (χ2v) is 7.35. The van der Waals surface area contributed by atoms with Crippen LogP contribution in [0.5, 0.6) is 0 Å². The molecule has 2 atom stereocenters. The first kappa shape index (κ1) is 20.7. The van der Waals surface area contributed by atoms with Crippen molar-refractivity contribution in [3.8, 4) is 0 Å². The molecule has 0 aliphatic carbocycles. The molecule has 30 heavy (non-hydrogen) atoms. The Morgan fingerprint density at radius 3 is 2.60 bits per heavy atom. The molecule has 2 amide bonds. The van der Waals surface area contributed by atoms with Gasteiger partial charge in [0.15, 0.2) is 0 Å². The van der Waals surface area contributed by atoms with E-state index in [0.717, 1.165) is 11.1 Å². The monoisotopic (exact) mass is 453 g/mol. The second-order valence-electron chi connectivity index (χ2n) is 6.94. The van der Waals surface area contributed by atoms with Gasteiger partial charge in [0, 0.05) is 6.20 Å². The van der Waals surface area contributed by atoms with E-state index in [1.54, 1.807) is 0 Å². The third kappa shape index (κ3) is 3.06. The van der Waals surface area contributed by atoms with Gasteiger partial charge in [0.1, 0.15) is 11.9 Å². The zero-order valence-electron chi connectivity index (χ0n) is 14.7. The van der Waals surface area contributed by atoms with Crippen molar-refractivity contribution in [3.05, 3.63) is 57.9 Å². The van der Waals surface area contributed by atoms with E-state index in [9.17, 15) is 35.5 Å². The van der Waals surface area contributed by atoms with Gasteiger partial charge in [-0.05, 0) is 36.6 Å².